The molecule has 4 aliphatic heterocycles. The summed E-state index contributed by atoms with van der Waals surface area (Å²) in [7, 11) is 0. The predicted octanol–water partition coefficient (Wildman–Crippen LogP) is 24.0. The van der Waals surface area contributed by atoms with Gasteiger partial charge in [-0.1, -0.05) is 262 Å². The van der Waals surface area contributed by atoms with Crippen LogP contribution in [-0.2, 0) is 47.9 Å². The number of hydrogen-bond acceptors (Lipinski definition) is 11. The second kappa shape index (κ2) is 47.0. The topological polar surface area (TPSA) is 219 Å². The van der Waals surface area contributed by atoms with Gasteiger partial charge < -0.3 is 16.0 Å². The molecule has 5 saturated carbocycles. The molecule has 1 unspecified atom stereocenters. The highest BCUT2D eigenvalue weighted by atomic mass is 16.2. The summed E-state index contributed by atoms with van der Waals surface area (Å²) in [5.41, 5.74) is 1.66. The average Bonchev–Trinajstić information content (AvgIpc) is 1.53. The number of allylic oxidation sites excluding steroid dienone is 1. The summed E-state index contributed by atoms with van der Waals surface area (Å²) in [4.78, 5) is 114. The molecular formula is C99H184N4O10. The van der Waals surface area contributed by atoms with Crippen LogP contribution in [0, 0.1) is 133 Å². The molecule has 0 spiro atoms. The van der Waals surface area contributed by atoms with Crippen molar-refractivity contribution in [2.24, 2.45) is 133 Å². The highest BCUT2D eigenvalue weighted by Gasteiger charge is 2.52. The minimum absolute atomic E-state index is 0. The number of piperidine rings is 1. The van der Waals surface area contributed by atoms with Crippen molar-refractivity contribution < 1.29 is 47.9 Å². The fourth-order valence-electron chi connectivity index (χ4n) is 21.8. The SMILES string of the molecule is C.C.C=C1CC(=O)CC(C(C)C)(C(C)C)C1.CC(C)C1(C(C)C)CC(=O)NC1=O.CC(C)C1(C(C)C)CCC(=O)C1.CC(C)C1(C(C)C)CCC(=O)C1.CC(C)C1(C(C)C)CCC(=O)N1.CC(C)C1(C(C)C)CCCC(=O)C1.CC(C)C1(C(C)C)CCCC(=O)N1.CC(C)C1(C(C)C)CCCC1=O.CC(C)C1(C)NCCC1=O. The van der Waals surface area contributed by atoms with Gasteiger partial charge in [0.2, 0.25) is 23.6 Å². The maximum Gasteiger partial charge on any atom is 0.233 e. The second-order valence-corrected chi connectivity index (χ2v) is 41.6. The zero-order chi connectivity index (χ0) is 86.5. The van der Waals surface area contributed by atoms with Gasteiger partial charge in [-0.3, -0.25) is 53.3 Å². The minimum atomic E-state index is -0.475. The number of carbonyl (C=O) groups excluding carboxylic acids is 10. The molecule has 5 aliphatic carbocycles. The van der Waals surface area contributed by atoms with Gasteiger partial charge in [0.25, 0.3) is 0 Å². The van der Waals surface area contributed by atoms with Crippen molar-refractivity contribution in [2.75, 3.05) is 6.54 Å². The lowest BCUT2D eigenvalue weighted by Gasteiger charge is -2.45. The number of rotatable bonds is 17. The van der Waals surface area contributed by atoms with E-state index in [0.717, 1.165) is 121 Å². The summed E-state index contributed by atoms with van der Waals surface area (Å²) in [6.45, 7) is 81.2. The van der Waals surface area contributed by atoms with Crippen molar-refractivity contribution in [3.05, 3.63) is 12.2 Å². The molecule has 4 heterocycles. The molecule has 113 heavy (non-hydrogen) atoms. The summed E-state index contributed by atoms with van der Waals surface area (Å²) < 4.78 is 0. The number of ketones is 6. The molecule has 0 radical (unpaired) electrons. The summed E-state index contributed by atoms with van der Waals surface area (Å²) in [5, 5.41) is 11.9. The van der Waals surface area contributed by atoms with Gasteiger partial charge in [0, 0.05) is 107 Å². The van der Waals surface area contributed by atoms with Gasteiger partial charge >= 0.3 is 0 Å². The Morgan fingerprint density at radius 3 is 0.823 bits per heavy atom. The molecule has 4 saturated heterocycles. The highest BCUT2D eigenvalue weighted by Crippen LogP contribution is 2.53. The largest absolute Gasteiger partial charge is 0.350 e. The maximum atomic E-state index is 11.8. The summed E-state index contributed by atoms with van der Waals surface area (Å²) >= 11 is 0. The smallest absolute Gasteiger partial charge is 0.233 e. The number of Topliss-reactive ketones (excluding diaryl/α,β-unsaturated/α-hetero) is 6. The van der Waals surface area contributed by atoms with Crippen molar-refractivity contribution in [3.63, 3.8) is 0 Å². The Kier molecular flexibility index (Phi) is 46.1. The Morgan fingerprint density at radius 2 is 0.619 bits per heavy atom. The molecule has 9 rings (SSSR count). The number of carbonyl (C=O) groups is 10. The summed E-state index contributed by atoms with van der Waals surface area (Å²) in [6, 6.07) is 0. The predicted molar refractivity (Wildman–Crippen MR) is 477 cm³/mol. The van der Waals surface area contributed by atoms with E-state index >= 15 is 0 Å². The lowest BCUT2D eigenvalue weighted by molar-refractivity contribution is -0.133. The van der Waals surface area contributed by atoms with E-state index in [9.17, 15) is 47.9 Å². The Bertz CT molecular complexity index is 2790. The first-order valence-corrected chi connectivity index (χ1v) is 44.8. The van der Waals surface area contributed by atoms with E-state index in [1.807, 2.05) is 34.6 Å². The van der Waals surface area contributed by atoms with Crippen LogP contribution in [0.15, 0.2) is 12.2 Å². The Balaban J connectivity index is 0. The van der Waals surface area contributed by atoms with Crippen molar-refractivity contribution in [3.8, 4) is 0 Å². The zero-order valence-electron chi connectivity index (χ0n) is 78.6. The van der Waals surface area contributed by atoms with Crippen molar-refractivity contribution in [1.29, 1.82) is 0 Å². The van der Waals surface area contributed by atoms with Gasteiger partial charge in [-0.05, 0) is 193 Å². The van der Waals surface area contributed by atoms with E-state index < -0.39 is 5.41 Å². The van der Waals surface area contributed by atoms with Gasteiger partial charge in [0.05, 0.1) is 11.0 Å². The fraction of sp³-hybridized carbons (Fsp3) is 0.879. The quantitative estimate of drug-likeness (QED) is 0.0793. The molecule has 4 amide bonds. The first-order valence-electron chi connectivity index (χ1n) is 44.8. The minimum Gasteiger partial charge on any atom is -0.350 e. The Morgan fingerprint density at radius 1 is 0.283 bits per heavy atom. The van der Waals surface area contributed by atoms with E-state index in [1.54, 1.807) is 0 Å². The molecule has 9 fully saturated rings. The van der Waals surface area contributed by atoms with Crippen LogP contribution in [0.3, 0.4) is 0 Å². The van der Waals surface area contributed by atoms with Crippen LogP contribution in [0.25, 0.3) is 0 Å². The van der Waals surface area contributed by atoms with Gasteiger partial charge in [-0.25, -0.2) is 0 Å². The van der Waals surface area contributed by atoms with Gasteiger partial charge in [0.15, 0.2) is 5.78 Å². The van der Waals surface area contributed by atoms with Gasteiger partial charge in [0.1, 0.15) is 28.9 Å². The third-order valence-corrected chi connectivity index (χ3v) is 31.1. The lowest BCUT2D eigenvalue weighted by atomic mass is 9.60. The molecule has 9 aliphatic rings. The van der Waals surface area contributed by atoms with E-state index in [1.165, 1.54) is 6.42 Å². The van der Waals surface area contributed by atoms with Crippen molar-refractivity contribution in [2.45, 2.75) is 421 Å². The van der Waals surface area contributed by atoms with Crippen molar-refractivity contribution >= 4 is 58.3 Å². The normalized spacial score (nSPS) is 22.9. The zero-order valence-corrected chi connectivity index (χ0v) is 78.6. The van der Waals surface area contributed by atoms with Crippen LogP contribution >= 0.6 is 0 Å². The van der Waals surface area contributed by atoms with Crippen LogP contribution in [-0.4, -0.2) is 81.5 Å². The molecule has 14 heteroatoms. The first-order chi connectivity index (χ1) is 50.8. The third kappa shape index (κ3) is 27.4. The number of amides is 4. The number of imide groups is 1. The maximum absolute atomic E-state index is 11.8. The van der Waals surface area contributed by atoms with Crippen LogP contribution in [0.1, 0.15) is 405 Å². The first kappa shape index (κ1) is 111. The van der Waals surface area contributed by atoms with Crippen molar-refractivity contribution in [1.82, 2.24) is 21.3 Å². The molecule has 0 aromatic rings. The summed E-state index contributed by atoms with van der Waals surface area (Å²) in [6.07, 6.45) is 20.6. The molecule has 0 aromatic heterocycles. The van der Waals surface area contributed by atoms with Crippen LogP contribution in [0.2, 0.25) is 0 Å². The fourth-order valence-corrected chi connectivity index (χ4v) is 21.8. The van der Waals surface area contributed by atoms with Gasteiger partial charge in [-0.15, -0.1) is 0 Å². The van der Waals surface area contributed by atoms with Gasteiger partial charge in [-0.2, -0.15) is 0 Å². The number of hydrogen-bond donors (Lipinski definition) is 4. The monoisotopic (exact) mass is 1590 g/mol. The van der Waals surface area contributed by atoms with Crippen LogP contribution in [0.4, 0.5) is 0 Å². The van der Waals surface area contributed by atoms with E-state index in [4.69, 9.17) is 0 Å². The van der Waals surface area contributed by atoms with E-state index in [-0.39, 0.29) is 77.8 Å². The molecule has 14 nitrogen and oxygen atoms in total. The summed E-state index contributed by atoms with van der Waals surface area (Å²) in [5.74, 6) is 11.8. The second-order valence-electron chi connectivity index (χ2n) is 41.6. The Labute approximate surface area is 697 Å². The molecule has 4 N–H and O–H groups in total. The average molecular weight is 1590 g/mol. The van der Waals surface area contributed by atoms with Crippen LogP contribution < -0.4 is 21.3 Å². The van der Waals surface area contributed by atoms with Crippen LogP contribution in [0.5, 0.6) is 0 Å². The van der Waals surface area contributed by atoms with E-state index in [0.29, 0.717) is 172 Å². The third-order valence-electron chi connectivity index (χ3n) is 31.1. The molecule has 660 valence electrons. The molecule has 1 atom stereocenters. The standard InChI is InChI=1S/C13H22O.C12H22O.C11H21NO.3C11H20O.C10H17NO2.C10H19NO.C8H15NO.2CH4/c1-9(2)13(10(3)4)7-11(5)6-12(14)8-13;1-9(2)12(10(3)4)7-5-6-11(13)8-12;1-8(2)11(9(3)4)7-5-6-10(13)12-11;2*1-8(2)11(9(3)4)6-5-10(12)7-11;1-8(2)11(9(3)4)7-5-6-10(11)12;1-6(2)10(7(3)4)5-8(12)11-9(10)13;1-7(2)10(8(3)4)6-5-9(12)11-10;1-6(2)8(3)7(10)4-5-9-8;;/h9-10H,5-8H2,1-4H3;9-10H,5-8H2,1-4H3;8-9H,5-7H2,1-4H3,(H,12,13);3*8-9H,5-7H2,1-4H3;6-7H,5H2,1-4H3,(H,11,12,13);7-8H,5-6H2,1-4H3,(H,11,12);6,9H,4-5H2,1-3H3;2*1H4. The lowest BCUT2D eigenvalue weighted by Crippen LogP contribution is -2.58. The molecule has 0 aromatic carbocycles. The number of nitrogens with one attached hydrogen (secondary N) is 4. The highest BCUT2D eigenvalue weighted by molar-refractivity contribution is 6.06. The molecular weight excluding hydrogens is 1410 g/mol. The Hall–Kier alpha value is -4.20. The van der Waals surface area contributed by atoms with E-state index in [2.05, 4.69) is 236 Å². The molecule has 0 bridgehead atoms.